The minimum atomic E-state index is -0.939. The number of nitrogens with zero attached hydrogens (tertiary/aromatic N) is 1. The summed E-state index contributed by atoms with van der Waals surface area (Å²) in [5.41, 5.74) is 0.0987. The summed E-state index contributed by atoms with van der Waals surface area (Å²) in [7, 11) is 0. The summed E-state index contributed by atoms with van der Waals surface area (Å²) < 4.78 is 17.8. The number of nitrogens with one attached hydrogen (secondary N) is 1. The maximum atomic E-state index is 12.8. The first-order valence-corrected chi connectivity index (χ1v) is 5.27. The van der Waals surface area contributed by atoms with E-state index >= 15 is 0 Å². The molecule has 1 unspecified atom stereocenters. The first-order chi connectivity index (χ1) is 8.66. The summed E-state index contributed by atoms with van der Waals surface area (Å²) in [6, 6.07) is 4.30. The number of amides is 1. The third-order valence-electron chi connectivity index (χ3n) is 2.29. The zero-order valence-corrected chi connectivity index (χ0v) is 9.34. The standard InChI is InChI=1S/C12H11FN2O3/c13-9-4-8(5-14-6-9)12(17)15-7-10(16)11-2-1-3-18-11/h1-6,10,16H,7H2,(H,15,17). The maximum Gasteiger partial charge on any atom is 0.253 e. The molecule has 5 nitrogen and oxygen atoms in total. The van der Waals surface area contributed by atoms with Crippen LogP contribution in [0.1, 0.15) is 22.2 Å². The minimum absolute atomic E-state index is 0.0249. The van der Waals surface area contributed by atoms with E-state index in [0.717, 1.165) is 12.3 Å². The van der Waals surface area contributed by atoms with E-state index in [9.17, 15) is 14.3 Å². The zero-order chi connectivity index (χ0) is 13.0. The van der Waals surface area contributed by atoms with Gasteiger partial charge in [-0.25, -0.2) is 4.39 Å². The van der Waals surface area contributed by atoms with E-state index in [0.29, 0.717) is 5.76 Å². The lowest BCUT2D eigenvalue weighted by molar-refractivity contribution is 0.0900. The highest BCUT2D eigenvalue weighted by Crippen LogP contribution is 2.11. The highest BCUT2D eigenvalue weighted by atomic mass is 19.1. The number of carbonyl (C=O) groups excluding carboxylic acids is 1. The molecule has 0 radical (unpaired) electrons. The van der Waals surface area contributed by atoms with Gasteiger partial charge in [-0.15, -0.1) is 0 Å². The number of rotatable bonds is 4. The van der Waals surface area contributed by atoms with Gasteiger partial charge >= 0.3 is 0 Å². The van der Waals surface area contributed by atoms with Crippen LogP contribution in [0.3, 0.4) is 0 Å². The largest absolute Gasteiger partial charge is 0.467 e. The molecule has 2 heterocycles. The third-order valence-corrected chi connectivity index (χ3v) is 2.29. The SMILES string of the molecule is O=C(NCC(O)c1ccco1)c1cncc(F)c1. The Kier molecular flexibility index (Phi) is 3.69. The van der Waals surface area contributed by atoms with Crippen molar-refractivity contribution in [3.05, 3.63) is 54.0 Å². The van der Waals surface area contributed by atoms with Crippen molar-refractivity contribution in [3.63, 3.8) is 0 Å². The predicted octanol–water partition coefficient (Wildman–Crippen LogP) is 1.28. The van der Waals surface area contributed by atoms with Gasteiger partial charge in [0.2, 0.25) is 0 Å². The first-order valence-electron chi connectivity index (χ1n) is 5.27. The van der Waals surface area contributed by atoms with Crippen LogP contribution in [0.4, 0.5) is 4.39 Å². The van der Waals surface area contributed by atoms with Crippen LogP contribution in [0.2, 0.25) is 0 Å². The average Bonchev–Trinajstić information content (AvgIpc) is 2.89. The molecule has 0 aliphatic carbocycles. The van der Waals surface area contributed by atoms with E-state index in [1.807, 2.05) is 0 Å². The summed E-state index contributed by atoms with van der Waals surface area (Å²) in [4.78, 5) is 15.2. The van der Waals surface area contributed by atoms with Crippen molar-refractivity contribution in [3.8, 4) is 0 Å². The van der Waals surface area contributed by atoms with E-state index in [1.165, 1.54) is 12.5 Å². The molecule has 2 N–H and O–H groups in total. The van der Waals surface area contributed by atoms with Crippen molar-refractivity contribution in [1.82, 2.24) is 10.3 Å². The topological polar surface area (TPSA) is 75.4 Å². The maximum absolute atomic E-state index is 12.8. The minimum Gasteiger partial charge on any atom is -0.467 e. The second kappa shape index (κ2) is 5.42. The number of aromatic nitrogens is 1. The van der Waals surface area contributed by atoms with E-state index in [1.54, 1.807) is 12.1 Å². The van der Waals surface area contributed by atoms with Gasteiger partial charge in [0.1, 0.15) is 17.7 Å². The highest BCUT2D eigenvalue weighted by Gasteiger charge is 2.13. The number of aliphatic hydroxyl groups excluding tert-OH is 1. The molecule has 2 rings (SSSR count). The zero-order valence-electron chi connectivity index (χ0n) is 9.34. The molecular formula is C12H11FN2O3. The molecule has 6 heteroatoms. The second-order valence-corrected chi connectivity index (χ2v) is 3.63. The number of pyridine rings is 1. The summed E-state index contributed by atoms with van der Waals surface area (Å²) in [5, 5.41) is 12.1. The summed E-state index contributed by atoms with van der Waals surface area (Å²) in [6.07, 6.45) is 2.74. The summed E-state index contributed by atoms with van der Waals surface area (Å²) in [6.45, 7) is -0.0249. The lowest BCUT2D eigenvalue weighted by Gasteiger charge is -2.09. The molecule has 2 aromatic rings. The molecule has 0 fully saturated rings. The Balaban J connectivity index is 1.92. The molecule has 0 bridgehead atoms. The van der Waals surface area contributed by atoms with Crippen molar-refractivity contribution in [1.29, 1.82) is 0 Å². The molecule has 1 atom stereocenters. The van der Waals surface area contributed by atoms with E-state index in [-0.39, 0.29) is 12.1 Å². The Morgan fingerprint density at radius 3 is 3.06 bits per heavy atom. The van der Waals surface area contributed by atoms with Crippen molar-refractivity contribution < 1.29 is 18.7 Å². The molecule has 2 aromatic heterocycles. The Morgan fingerprint density at radius 1 is 1.56 bits per heavy atom. The Hall–Kier alpha value is -2.21. The molecule has 94 valence electrons. The normalized spacial score (nSPS) is 12.1. The molecule has 0 saturated heterocycles. The average molecular weight is 250 g/mol. The quantitative estimate of drug-likeness (QED) is 0.857. The van der Waals surface area contributed by atoms with Crippen LogP contribution in [0.5, 0.6) is 0 Å². The first kappa shape index (κ1) is 12.3. The fraction of sp³-hybridized carbons (Fsp3) is 0.167. The molecule has 0 saturated carbocycles. The van der Waals surface area contributed by atoms with Crippen LogP contribution in [0.25, 0.3) is 0 Å². The van der Waals surface area contributed by atoms with E-state index in [2.05, 4.69) is 10.3 Å². The van der Waals surface area contributed by atoms with Gasteiger partial charge in [-0.05, 0) is 18.2 Å². The Bertz CT molecular complexity index is 528. The molecule has 1 amide bonds. The highest BCUT2D eigenvalue weighted by molar-refractivity contribution is 5.93. The number of carbonyl (C=O) groups is 1. The molecule has 0 aliphatic heterocycles. The van der Waals surface area contributed by atoms with E-state index < -0.39 is 17.8 Å². The monoisotopic (exact) mass is 250 g/mol. The number of hydrogen-bond donors (Lipinski definition) is 2. The third kappa shape index (κ3) is 2.92. The van der Waals surface area contributed by atoms with Crippen LogP contribution >= 0.6 is 0 Å². The van der Waals surface area contributed by atoms with Gasteiger partial charge in [-0.3, -0.25) is 9.78 Å². The van der Waals surface area contributed by atoms with Crippen LogP contribution in [0.15, 0.2) is 41.3 Å². The lowest BCUT2D eigenvalue weighted by Crippen LogP contribution is -2.28. The number of aliphatic hydroxyl groups is 1. The van der Waals surface area contributed by atoms with Crippen LogP contribution in [-0.4, -0.2) is 22.5 Å². The second-order valence-electron chi connectivity index (χ2n) is 3.63. The summed E-state index contributed by atoms with van der Waals surface area (Å²) >= 11 is 0. The van der Waals surface area contributed by atoms with Crippen molar-refractivity contribution in [2.75, 3.05) is 6.54 Å². The smallest absolute Gasteiger partial charge is 0.253 e. The van der Waals surface area contributed by atoms with Gasteiger partial charge in [0.25, 0.3) is 5.91 Å². The van der Waals surface area contributed by atoms with Crippen molar-refractivity contribution >= 4 is 5.91 Å². The Labute approximate surface area is 102 Å². The summed E-state index contributed by atoms with van der Waals surface area (Å²) in [5.74, 6) is -0.741. The molecule has 0 aromatic carbocycles. The van der Waals surface area contributed by atoms with Gasteiger partial charge < -0.3 is 14.8 Å². The molecule has 0 spiro atoms. The van der Waals surface area contributed by atoms with Crippen LogP contribution in [0, 0.1) is 5.82 Å². The molecule has 0 aliphatic rings. The van der Waals surface area contributed by atoms with Crippen LogP contribution < -0.4 is 5.32 Å². The van der Waals surface area contributed by atoms with E-state index in [4.69, 9.17) is 4.42 Å². The number of hydrogen-bond acceptors (Lipinski definition) is 4. The van der Waals surface area contributed by atoms with Crippen molar-refractivity contribution in [2.45, 2.75) is 6.10 Å². The van der Waals surface area contributed by atoms with Gasteiger partial charge in [0.15, 0.2) is 0 Å². The van der Waals surface area contributed by atoms with Gasteiger partial charge in [0.05, 0.1) is 24.6 Å². The fourth-order valence-electron chi connectivity index (χ4n) is 1.41. The Morgan fingerprint density at radius 2 is 2.39 bits per heavy atom. The molecular weight excluding hydrogens is 239 g/mol. The number of furan rings is 1. The molecule has 18 heavy (non-hydrogen) atoms. The van der Waals surface area contributed by atoms with Crippen molar-refractivity contribution in [2.24, 2.45) is 0 Å². The van der Waals surface area contributed by atoms with Gasteiger partial charge in [0, 0.05) is 6.20 Å². The number of halogens is 1. The predicted molar refractivity (Wildman–Crippen MR) is 60.2 cm³/mol. The lowest BCUT2D eigenvalue weighted by atomic mass is 10.2. The van der Waals surface area contributed by atoms with Crippen LogP contribution in [-0.2, 0) is 0 Å². The van der Waals surface area contributed by atoms with Gasteiger partial charge in [-0.1, -0.05) is 0 Å². The fourth-order valence-corrected chi connectivity index (χ4v) is 1.41. The van der Waals surface area contributed by atoms with Gasteiger partial charge in [-0.2, -0.15) is 0 Å².